The van der Waals surface area contributed by atoms with Crippen LogP contribution < -0.4 is 10.6 Å². The largest absolute Gasteiger partial charge is 0.316 e. The molecule has 3 heteroatoms. The molecule has 0 amide bonds. The van der Waals surface area contributed by atoms with Crippen LogP contribution in [0.1, 0.15) is 6.42 Å². The lowest BCUT2D eigenvalue weighted by Crippen LogP contribution is -2.44. The molecule has 0 aromatic carbocycles. The SMILES string of the molecule is C=C(CN1CCNCC1)C1CCNC1. The van der Waals surface area contributed by atoms with Crippen LogP contribution in [0.3, 0.4) is 0 Å². The third-order valence-electron chi connectivity index (χ3n) is 3.27. The van der Waals surface area contributed by atoms with Gasteiger partial charge in [0, 0.05) is 39.3 Å². The van der Waals surface area contributed by atoms with Gasteiger partial charge < -0.3 is 10.6 Å². The van der Waals surface area contributed by atoms with Gasteiger partial charge in [-0.15, -0.1) is 0 Å². The molecular weight excluding hydrogens is 174 g/mol. The van der Waals surface area contributed by atoms with Gasteiger partial charge >= 0.3 is 0 Å². The van der Waals surface area contributed by atoms with E-state index in [1.807, 2.05) is 0 Å². The number of nitrogens with one attached hydrogen (secondary N) is 2. The second kappa shape index (κ2) is 4.91. The summed E-state index contributed by atoms with van der Waals surface area (Å²) in [5.41, 5.74) is 1.43. The van der Waals surface area contributed by atoms with Crippen molar-refractivity contribution >= 4 is 0 Å². The van der Waals surface area contributed by atoms with Gasteiger partial charge in [-0.05, 0) is 18.9 Å². The summed E-state index contributed by atoms with van der Waals surface area (Å²) in [5, 5.41) is 6.77. The average molecular weight is 195 g/mol. The molecule has 2 rings (SSSR count). The molecule has 0 aliphatic carbocycles. The van der Waals surface area contributed by atoms with Crippen molar-refractivity contribution in [1.29, 1.82) is 0 Å². The van der Waals surface area contributed by atoms with Crippen LogP contribution in [0, 0.1) is 5.92 Å². The van der Waals surface area contributed by atoms with Gasteiger partial charge in [-0.3, -0.25) is 4.90 Å². The number of hydrogen-bond acceptors (Lipinski definition) is 3. The van der Waals surface area contributed by atoms with Gasteiger partial charge in [0.25, 0.3) is 0 Å². The molecule has 2 heterocycles. The molecule has 2 fully saturated rings. The van der Waals surface area contributed by atoms with E-state index in [0.717, 1.165) is 32.1 Å². The van der Waals surface area contributed by atoms with Crippen LogP contribution in [0.5, 0.6) is 0 Å². The minimum absolute atomic E-state index is 0.727. The molecule has 0 aromatic rings. The van der Waals surface area contributed by atoms with Gasteiger partial charge in [-0.2, -0.15) is 0 Å². The van der Waals surface area contributed by atoms with E-state index in [1.54, 1.807) is 0 Å². The van der Waals surface area contributed by atoms with Crippen LogP contribution in [-0.4, -0.2) is 50.7 Å². The Kier molecular flexibility index (Phi) is 3.56. The van der Waals surface area contributed by atoms with Crippen LogP contribution in [0.2, 0.25) is 0 Å². The van der Waals surface area contributed by atoms with Crippen LogP contribution in [0.15, 0.2) is 12.2 Å². The quantitative estimate of drug-likeness (QED) is 0.624. The summed E-state index contributed by atoms with van der Waals surface area (Å²) in [5.74, 6) is 0.727. The zero-order valence-corrected chi connectivity index (χ0v) is 8.89. The molecule has 0 bridgehead atoms. The van der Waals surface area contributed by atoms with E-state index in [1.165, 1.54) is 31.6 Å². The molecule has 1 atom stereocenters. The molecule has 2 aliphatic heterocycles. The van der Waals surface area contributed by atoms with E-state index < -0.39 is 0 Å². The highest BCUT2D eigenvalue weighted by Crippen LogP contribution is 2.17. The second-order valence-electron chi connectivity index (χ2n) is 4.37. The van der Waals surface area contributed by atoms with E-state index in [0.29, 0.717) is 0 Å². The summed E-state index contributed by atoms with van der Waals surface area (Å²) in [6.07, 6.45) is 1.28. The van der Waals surface area contributed by atoms with E-state index in [4.69, 9.17) is 0 Å². The lowest BCUT2D eigenvalue weighted by molar-refractivity contribution is 0.253. The van der Waals surface area contributed by atoms with E-state index >= 15 is 0 Å². The van der Waals surface area contributed by atoms with Crippen LogP contribution in [0.4, 0.5) is 0 Å². The van der Waals surface area contributed by atoms with E-state index in [-0.39, 0.29) is 0 Å². The standard InChI is InChI=1S/C11H21N3/c1-10(11-2-3-13-8-11)9-14-6-4-12-5-7-14/h11-13H,1-9H2. The summed E-state index contributed by atoms with van der Waals surface area (Å²) >= 11 is 0. The van der Waals surface area contributed by atoms with Crippen molar-refractivity contribution in [2.75, 3.05) is 45.8 Å². The highest BCUT2D eigenvalue weighted by atomic mass is 15.2. The molecule has 2 saturated heterocycles. The molecule has 0 saturated carbocycles. The van der Waals surface area contributed by atoms with Crippen LogP contribution in [-0.2, 0) is 0 Å². The maximum Gasteiger partial charge on any atom is 0.0194 e. The van der Waals surface area contributed by atoms with Crippen LogP contribution >= 0.6 is 0 Å². The maximum atomic E-state index is 4.23. The van der Waals surface area contributed by atoms with Crippen LogP contribution in [0.25, 0.3) is 0 Å². The first-order valence-corrected chi connectivity index (χ1v) is 5.68. The monoisotopic (exact) mass is 195 g/mol. The van der Waals surface area contributed by atoms with Gasteiger partial charge in [-0.25, -0.2) is 0 Å². The van der Waals surface area contributed by atoms with Crippen molar-refractivity contribution in [2.45, 2.75) is 6.42 Å². The van der Waals surface area contributed by atoms with Gasteiger partial charge in [0.15, 0.2) is 0 Å². The van der Waals surface area contributed by atoms with Crippen molar-refractivity contribution in [3.05, 3.63) is 12.2 Å². The average Bonchev–Trinajstić information content (AvgIpc) is 2.72. The van der Waals surface area contributed by atoms with Crippen molar-refractivity contribution in [3.63, 3.8) is 0 Å². The summed E-state index contributed by atoms with van der Waals surface area (Å²) in [7, 11) is 0. The predicted molar refractivity (Wildman–Crippen MR) is 59.4 cm³/mol. The Hall–Kier alpha value is -0.380. The summed E-state index contributed by atoms with van der Waals surface area (Å²) in [4.78, 5) is 2.51. The Morgan fingerprint density at radius 3 is 2.64 bits per heavy atom. The number of nitrogens with zero attached hydrogens (tertiary/aromatic N) is 1. The number of rotatable bonds is 3. The van der Waals surface area contributed by atoms with Crippen molar-refractivity contribution in [2.24, 2.45) is 5.92 Å². The fourth-order valence-corrected chi connectivity index (χ4v) is 2.29. The molecule has 80 valence electrons. The first kappa shape index (κ1) is 10.1. The van der Waals surface area contributed by atoms with Crippen molar-refractivity contribution in [3.8, 4) is 0 Å². The topological polar surface area (TPSA) is 27.3 Å². The Morgan fingerprint density at radius 1 is 1.21 bits per heavy atom. The maximum absolute atomic E-state index is 4.23. The lowest BCUT2D eigenvalue weighted by atomic mass is 9.99. The Balaban J connectivity index is 1.75. The molecule has 0 spiro atoms. The Morgan fingerprint density at radius 2 is 2.00 bits per heavy atom. The molecule has 2 aliphatic rings. The summed E-state index contributed by atoms with van der Waals surface area (Å²) in [6, 6.07) is 0. The first-order chi connectivity index (χ1) is 6.86. The smallest absolute Gasteiger partial charge is 0.0194 e. The molecular formula is C11H21N3. The molecule has 1 unspecified atom stereocenters. The summed E-state index contributed by atoms with van der Waals surface area (Å²) in [6.45, 7) is 12.3. The zero-order chi connectivity index (χ0) is 9.80. The van der Waals surface area contributed by atoms with Gasteiger partial charge in [0.05, 0.1) is 0 Å². The third kappa shape index (κ3) is 2.56. The van der Waals surface area contributed by atoms with Crippen molar-refractivity contribution < 1.29 is 0 Å². The minimum atomic E-state index is 0.727. The van der Waals surface area contributed by atoms with Gasteiger partial charge in [0.1, 0.15) is 0 Å². The fraction of sp³-hybridized carbons (Fsp3) is 0.818. The number of hydrogen-bond donors (Lipinski definition) is 2. The normalized spacial score (nSPS) is 29.3. The van der Waals surface area contributed by atoms with Gasteiger partial charge in [-0.1, -0.05) is 12.2 Å². The molecule has 0 radical (unpaired) electrons. The first-order valence-electron chi connectivity index (χ1n) is 5.68. The third-order valence-corrected chi connectivity index (χ3v) is 3.27. The highest BCUT2D eigenvalue weighted by Gasteiger charge is 2.19. The molecule has 2 N–H and O–H groups in total. The Bertz CT molecular complexity index is 191. The predicted octanol–water partition coefficient (Wildman–Crippen LogP) is 0.0573. The lowest BCUT2D eigenvalue weighted by Gasteiger charge is -2.29. The molecule has 14 heavy (non-hydrogen) atoms. The second-order valence-corrected chi connectivity index (χ2v) is 4.37. The molecule has 0 aromatic heterocycles. The number of piperazine rings is 1. The molecule has 3 nitrogen and oxygen atoms in total. The van der Waals surface area contributed by atoms with Crippen molar-refractivity contribution in [1.82, 2.24) is 15.5 Å². The zero-order valence-electron chi connectivity index (χ0n) is 8.89. The van der Waals surface area contributed by atoms with Gasteiger partial charge in [0.2, 0.25) is 0 Å². The minimum Gasteiger partial charge on any atom is -0.316 e. The highest BCUT2D eigenvalue weighted by molar-refractivity contribution is 5.06. The fourth-order valence-electron chi connectivity index (χ4n) is 2.29. The van der Waals surface area contributed by atoms with E-state index in [2.05, 4.69) is 22.1 Å². The summed E-state index contributed by atoms with van der Waals surface area (Å²) < 4.78 is 0. The van der Waals surface area contributed by atoms with E-state index in [9.17, 15) is 0 Å². The Labute approximate surface area is 86.5 Å².